The second-order valence-electron chi connectivity index (χ2n) is 5.76. The fourth-order valence-corrected chi connectivity index (χ4v) is 4.60. The number of amides is 1. The maximum atomic E-state index is 12.8. The van der Waals surface area contributed by atoms with Gasteiger partial charge >= 0.3 is 0 Å². The van der Waals surface area contributed by atoms with Crippen LogP contribution in [0.3, 0.4) is 0 Å². The third-order valence-corrected chi connectivity index (χ3v) is 5.62. The number of hydrogen-bond donors (Lipinski definition) is 1. The number of phenolic OH excluding ortho intramolecular Hbond substituents is 1. The largest absolute Gasteiger partial charge is 0.506 e. The molecule has 1 N–H and O–H groups in total. The van der Waals surface area contributed by atoms with Gasteiger partial charge in [-0.3, -0.25) is 4.79 Å². The summed E-state index contributed by atoms with van der Waals surface area (Å²) >= 11 is 1.63. The van der Waals surface area contributed by atoms with Crippen molar-refractivity contribution in [3.63, 3.8) is 0 Å². The lowest BCUT2D eigenvalue weighted by Crippen LogP contribution is -2.35. The van der Waals surface area contributed by atoms with E-state index < -0.39 is 0 Å². The van der Waals surface area contributed by atoms with Gasteiger partial charge in [-0.15, -0.1) is 11.3 Å². The van der Waals surface area contributed by atoms with Crippen LogP contribution in [0.15, 0.2) is 24.3 Å². The number of phenols is 1. The number of hydrogen-bond acceptors (Lipinski definition) is 3. The van der Waals surface area contributed by atoms with E-state index in [4.69, 9.17) is 0 Å². The molecule has 1 amide bonds. The summed E-state index contributed by atoms with van der Waals surface area (Å²) in [5.41, 5.74) is 3.12. The second kappa shape index (κ2) is 4.88. The minimum atomic E-state index is 0.0387. The molecular weight excluding hydrogens is 282 g/mol. The number of carbonyl (C=O) groups excluding carboxylic acids is 1. The minimum absolute atomic E-state index is 0.0387. The van der Waals surface area contributed by atoms with E-state index >= 15 is 0 Å². The Morgan fingerprint density at radius 2 is 2.00 bits per heavy atom. The Balaban J connectivity index is 1.72. The second-order valence-corrected chi connectivity index (χ2v) is 6.89. The van der Waals surface area contributed by atoms with Gasteiger partial charge in [-0.1, -0.05) is 12.1 Å². The molecule has 4 heteroatoms. The number of para-hydroxylation sites is 1. The SMILES string of the molecule is O=C(c1cc2c(s1)CCC2)N1CCCc2cccc(O)c21. The Hall–Kier alpha value is -1.81. The van der Waals surface area contributed by atoms with Crippen LogP contribution >= 0.6 is 11.3 Å². The molecule has 108 valence electrons. The zero-order valence-corrected chi connectivity index (χ0v) is 12.6. The minimum Gasteiger partial charge on any atom is -0.506 e. The van der Waals surface area contributed by atoms with Crippen LogP contribution in [0, 0.1) is 0 Å². The van der Waals surface area contributed by atoms with Crippen molar-refractivity contribution in [1.82, 2.24) is 0 Å². The molecule has 2 aromatic rings. The van der Waals surface area contributed by atoms with Crippen molar-refractivity contribution in [2.75, 3.05) is 11.4 Å². The van der Waals surface area contributed by atoms with Crippen LogP contribution in [0.2, 0.25) is 0 Å². The van der Waals surface area contributed by atoms with Gasteiger partial charge in [-0.25, -0.2) is 0 Å². The Morgan fingerprint density at radius 3 is 2.86 bits per heavy atom. The van der Waals surface area contributed by atoms with E-state index in [1.807, 2.05) is 12.1 Å². The number of benzene rings is 1. The normalized spacial score (nSPS) is 16.7. The molecule has 0 bridgehead atoms. The first-order chi connectivity index (χ1) is 10.2. The van der Waals surface area contributed by atoms with Crippen molar-refractivity contribution in [2.45, 2.75) is 32.1 Å². The van der Waals surface area contributed by atoms with E-state index in [-0.39, 0.29) is 11.7 Å². The summed E-state index contributed by atoms with van der Waals surface area (Å²) in [5.74, 6) is 0.251. The number of rotatable bonds is 1. The third-order valence-electron chi connectivity index (χ3n) is 4.40. The van der Waals surface area contributed by atoms with Crippen molar-refractivity contribution in [2.24, 2.45) is 0 Å². The highest BCUT2D eigenvalue weighted by atomic mass is 32.1. The fraction of sp³-hybridized carbons (Fsp3) is 0.353. The molecule has 1 aliphatic heterocycles. The summed E-state index contributed by atoms with van der Waals surface area (Å²) < 4.78 is 0. The summed E-state index contributed by atoms with van der Waals surface area (Å²) in [4.78, 5) is 16.8. The molecule has 2 aliphatic rings. The highest BCUT2D eigenvalue weighted by Gasteiger charge is 2.28. The quantitative estimate of drug-likeness (QED) is 0.875. The van der Waals surface area contributed by atoms with Crippen LogP contribution in [-0.2, 0) is 19.3 Å². The molecule has 0 unspecified atom stereocenters. The summed E-state index contributed by atoms with van der Waals surface area (Å²) in [6.45, 7) is 0.686. The molecule has 0 atom stereocenters. The molecule has 1 aliphatic carbocycles. The van der Waals surface area contributed by atoms with E-state index in [9.17, 15) is 9.90 Å². The number of aromatic hydroxyl groups is 1. The topological polar surface area (TPSA) is 40.5 Å². The molecule has 3 nitrogen and oxygen atoms in total. The molecule has 2 heterocycles. The smallest absolute Gasteiger partial charge is 0.268 e. The number of anilines is 1. The van der Waals surface area contributed by atoms with E-state index in [1.54, 1.807) is 22.3 Å². The monoisotopic (exact) mass is 299 g/mol. The Labute approximate surface area is 127 Å². The van der Waals surface area contributed by atoms with Gasteiger partial charge < -0.3 is 10.0 Å². The van der Waals surface area contributed by atoms with Gasteiger partial charge in [0, 0.05) is 11.4 Å². The predicted molar refractivity (Wildman–Crippen MR) is 84.4 cm³/mol. The Bertz CT molecular complexity index is 698. The van der Waals surface area contributed by atoms with Gasteiger partial charge in [0.05, 0.1) is 10.6 Å². The van der Waals surface area contributed by atoms with Crippen molar-refractivity contribution in [1.29, 1.82) is 0 Å². The molecule has 0 spiro atoms. The van der Waals surface area contributed by atoms with E-state index in [1.165, 1.54) is 16.9 Å². The van der Waals surface area contributed by atoms with E-state index in [0.717, 1.165) is 36.1 Å². The van der Waals surface area contributed by atoms with Gasteiger partial charge in [0.1, 0.15) is 5.75 Å². The summed E-state index contributed by atoms with van der Waals surface area (Å²) in [6.07, 6.45) is 5.29. The van der Waals surface area contributed by atoms with Crippen LogP contribution in [0.4, 0.5) is 5.69 Å². The van der Waals surface area contributed by atoms with Crippen molar-refractivity contribution < 1.29 is 9.90 Å². The van der Waals surface area contributed by atoms with Gasteiger partial charge in [-0.05, 0) is 55.4 Å². The maximum absolute atomic E-state index is 12.8. The van der Waals surface area contributed by atoms with Gasteiger partial charge in [0.25, 0.3) is 5.91 Å². The van der Waals surface area contributed by atoms with Crippen molar-refractivity contribution >= 4 is 22.9 Å². The first-order valence-electron chi connectivity index (χ1n) is 7.48. The molecule has 1 aromatic carbocycles. The highest BCUT2D eigenvalue weighted by molar-refractivity contribution is 7.14. The predicted octanol–water partition coefficient (Wildman–Crippen LogP) is 3.54. The molecular formula is C17H17NO2S. The standard InChI is InChI=1S/C17H17NO2S/c19-13-7-1-4-11-6-3-9-18(16(11)13)17(20)15-10-12-5-2-8-14(12)21-15/h1,4,7,10,19H,2-3,5-6,8-9H2. The molecule has 21 heavy (non-hydrogen) atoms. The molecule has 4 rings (SSSR count). The summed E-state index contributed by atoms with van der Waals surface area (Å²) in [7, 11) is 0. The fourth-order valence-electron chi connectivity index (χ4n) is 3.40. The number of carbonyl (C=O) groups is 1. The Morgan fingerprint density at radius 1 is 1.14 bits per heavy atom. The van der Waals surface area contributed by atoms with Crippen LogP contribution in [0.25, 0.3) is 0 Å². The first kappa shape index (κ1) is 12.9. The van der Waals surface area contributed by atoms with Crippen LogP contribution in [0.5, 0.6) is 5.75 Å². The lowest BCUT2D eigenvalue weighted by atomic mass is 10.0. The zero-order valence-electron chi connectivity index (χ0n) is 11.8. The molecule has 0 saturated heterocycles. The molecule has 0 saturated carbocycles. The average molecular weight is 299 g/mol. The molecule has 1 aromatic heterocycles. The molecule has 0 fully saturated rings. The van der Waals surface area contributed by atoms with Crippen LogP contribution in [0.1, 0.15) is 38.5 Å². The summed E-state index contributed by atoms with van der Waals surface area (Å²) in [6, 6.07) is 7.58. The lowest BCUT2D eigenvalue weighted by molar-refractivity contribution is 0.0988. The van der Waals surface area contributed by atoms with Gasteiger partial charge in [0.2, 0.25) is 0 Å². The molecule has 0 radical (unpaired) electrons. The lowest BCUT2D eigenvalue weighted by Gasteiger charge is -2.29. The zero-order chi connectivity index (χ0) is 14.4. The van der Waals surface area contributed by atoms with Crippen LogP contribution < -0.4 is 4.90 Å². The van der Waals surface area contributed by atoms with Gasteiger partial charge in [0.15, 0.2) is 0 Å². The van der Waals surface area contributed by atoms with Crippen LogP contribution in [-0.4, -0.2) is 17.6 Å². The number of fused-ring (bicyclic) bond motifs is 2. The van der Waals surface area contributed by atoms with Gasteiger partial charge in [-0.2, -0.15) is 0 Å². The van der Waals surface area contributed by atoms with E-state index in [0.29, 0.717) is 12.2 Å². The average Bonchev–Trinajstić information content (AvgIpc) is 3.07. The summed E-state index contributed by atoms with van der Waals surface area (Å²) in [5, 5.41) is 10.1. The number of aryl methyl sites for hydroxylation is 3. The highest BCUT2D eigenvalue weighted by Crippen LogP contribution is 2.38. The first-order valence-corrected chi connectivity index (χ1v) is 8.30. The maximum Gasteiger partial charge on any atom is 0.268 e. The third kappa shape index (κ3) is 2.05. The van der Waals surface area contributed by atoms with Crippen molar-refractivity contribution in [3.8, 4) is 5.75 Å². The van der Waals surface area contributed by atoms with Crippen molar-refractivity contribution in [3.05, 3.63) is 45.1 Å². The van der Waals surface area contributed by atoms with E-state index in [2.05, 4.69) is 6.07 Å². The number of nitrogens with zero attached hydrogens (tertiary/aromatic N) is 1. The number of thiophene rings is 1. The Kier molecular flexibility index (Phi) is 3.00.